The highest BCUT2D eigenvalue weighted by Crippen LogP contribution is 2.21. The van der Waals surface area contributed by atoms with Gasteiger partial charge in [-0.25, -0.2) is 8.42 Å². The predicted octanol–water partition coefficient (Wildman–Crippen LogP) is 2.11. The summed E-state index contributed by atoms with van der Waals surface area (Å²) in [4.78, 5) is 14.0. The summed E-state index contributed by atoms with van der Waals surface area (Å²) in [5.41, 5.74) is 0.988. The number of benzene rings is 2. The highest BCUT2D eigenvalue weighted by Gasteiger charge is 2.31. The minimum Gasteiger partial charge on any atom is -0.497 e. The number of nitrogens with zero attached hydrogens (tertiary/aromatic N) is 3. The van der Waals surface area contributed by atoms with Gasteiger partial charge in [0.05, 0.1) is 17.6 Å². The quantitative estimate of drug-likeness (QED) is 0.703. The van der Waals surface area contributed by atoms with Crippen LogP contribution in [0.5, 0.6) is 5.75 Å². The topological polar surface area (TPSA) is 90.7 Å². The van der Waals surface area contributed by atoms with Crippen LogP contribution in [-0.2, 0) is 14.8 Å². The molecule has 3 rings (SSSR count). The Labute approximate surface area is 170 Å². The Hall–Kier alpha value is -3.15. The van der Waals surface area contributed by atoms with E-state index < -0.39 is 10.0 Å². The maximum Gasteiger partial charge on any atom is 0.246 e. The third-order valence-corrected chi connectivity index (χ3v) is 6.67. The smallest absolute Gasteiger partial charge is 0.246 e. The monoisotopic (exact) mass is 411 g/mol. The summed E-state index contributed by atoms with van der Waals surface area (Å²) < 4.78 is 32.1. The highest BCUT2D eigenvalue weighted by atomic mass is 32.2. The van der Waals surface area contributed by atoms with Crippen LogP contribution in [0.3, 0.4) is 0 Å². The van der Waals surface area contributed by atoms with Crippen LogP contribution in [0.1, 0.15) is 11.1 Å². The van der Waals surface area contributed by atoms with Crippen molar-refractivity contribution in [3.05, 3.63) is 65.7 Å². The summed E-state index contributed by atoms with van der Waals surface area (Å²) in [6.45, 7) is 0.952. The third kappa shape index (κ3) is 4.65. The summed E-state index contributed by atoms with van der Waals surface area (Å²) in [7, 11) is -2.18. The van der Waals surface area contributed by atoms with Gasteiger partial charge >= 0.3 is 0 Å². The van der Waals surface area contributed by atoms with Crippen LogP contribution >= 0.6 is 0 Å². The van der Waals surface area contributed by atoms with Gasteiger partial charge in [-0.3, -0.25) is 4.79 Å². The number of methoxy groups -OCH3 is 1. The molecular formula is C21H21N3O4S. The van der Waals surface area contributed by atoms with Gasteiger partial charge in [0.15, 0.2) is 0 Å². The second-order valence-corrected chi connectivity index (χ2v) is 8.35. The number of hydrogen-bond acceptors (Lipinski definition) is 5. The fourth-order valence-electron chi connectivity index (χ4n) is 3.06. The van der Waals surface area contributed by atoms with Gasteiger partial charge in [0.2, 0.25) is 15.9 Å². The van der Waals surface area contributed by atoms with Gasteiger partial charge in [0, 0.05) is 32.3 Å². The van der Waals surface area contributed by atoms with E-state index in [-0.39, 0.29) is 29.5 Å². The van der Waals surface area contributed by atoms with Gasteiger partial charge in [0.25, 0.3) is 0 Å². The lowest BCUT2D eigenvalue weighted by atomic mass is 10.2. The lowest BCUT2D eigenvalue weighted by Gasteiger charge is -2.33. The Balaban J connectivity index is 1.63. The molecule has 7 nitrogen and oxygen atoms in total. The highest BCUT2D eigenvalue weighted by molar-refractivity contribution is 7.89. The van der Waals surface area contributed by atoms with Crippen LogP contribution < -0.4 is 4.74 Å². The van der Waals surface area contributed by atoms with Crippen molar-refractivity contribution in [3.63, 3.8) is 0 Å². The SMILES string of the molecule is COc1ccc(/C=C/C(=O)N2CCN(S(=O)(=O)c3ccccc3C#N)CC2)cc1. The molecular weight excluding hydrogens is 390 g/mol. The number of hydrogen-bond donors (Lipinski definition) is 0. The molecule has 0 atom stereocenters. The average molecular weight is 411 g/mol. The molecule has 0 unspecified atom stereocenters. The first kappa shape index (κ1) is 20.6. The molecule has 0 spiro atoms. The van der Waals surface area contributed by atoms with Crippen molar-refractivity contribution in [1.82, 2.24) is 9.21 Å². The fraction of sp³-hybridized carbons (Fsp3) is 0.238. The van der Waals surface area contributed by atoms with Gasteiger partial charge < -0.3 is 9.64 Å². The number of piperazine rings is 1. The molecule has 0 bridgehead atoms. The number of rotatable bonds is 5. The Morgan fingerprint density at radius 3 is 2.34 bits per heavy atom. The molecule has 1 saturated heterocycles. The summed E-state index contributed by atoms with van der Waals surface area (Å²) >= 11 is 0. The third-order valence-electron chi connectivity index (χ3n) is 4.71. The second kappa shape index (κ2) is 8.90. The number of nitriles is 1. The number of sulfonamides is 1. The van der Waals surface area contributed by atoms with Gasteiger partial charge in [-0.05, 0) is 35.9 Å². The van der Waals surface area contributed by atoms with Crippen LogP contribution in [0.15, 0.2) is 59.5 Å². The van der Waals surface area contributed by atoms with Crippen LogP contribution in [0.4, 0.5) is 0 Å². The molecule has 1 aliphatic rings. The van der Waals surface area contributed by atoms with Crippen molar-refractivity contribution in [2.75, 3.05) is 33.3 Å². The van der Waals surface area contributed by atoms with E-state index in [2.05, 4.69) is 0 Å². The first-order chi connectivity index (χ1) is 14.0. The molecule has 2 aromatic rings. The van der Waals surface area contributed by atoms with Crippen molar-refractivity contribution in [2.45, 2.75) is 4.90 Å². The Morgan fingerprint density at radius 2 is 1.72 bits per heavy atom. The molecule has 29 heavy (non-hydrogen) atoms. The predicted molar refractivity (Wildman–Crippen MR) is 109 cm³/mol. The first-order valence-electron chi connectivity index (χ1n) is 9.06. The average Bonchev–Trinajstić information content (AvgIpc) is 2.77. The molecule has 8 heteroatoms. The van der Waals surface area contributed by atoms with E-state index in [1.165, 1.54) is 22.5 Å². The normalized spacial score (nSPS) is 15.2. The Morgan fingerprint density at radius 1 is 1.07 bits per heavy atom. The fourth-order valence-corrected chi connectivity index (χ4v) is 4.62. The van der Waals surface area contributed by atoms with E-state index in [4.69, 9.17) is 4.74 Å². The van der Waals surface area contributed by atoms with E-state index in [1.54, 1.807) is 30.2 Å². The summed E-state index contributed by atoms with van der Waals surface area (Å²) in [6, 6.07) is 15.4. The van der Waals surface area contributed by atoms with Crippen molar-refractivity contribution in [2.24, 2.45) is 0 Å². The maximum atomic E-state index is 12.9. The standard InChI is InChI=1S/C21H21N3O4S/c1-28-19-9-6-17(7-10-19)8-11-21(25)23-12-14-24(15-13-23)29(26,27)20-5-3-2-4-18(20)16-22/h2-11H,12-15H2,1H3/b11-8+. The van der Waals surface area contributed by atoms with Gasteiger partial charge in [0.1, 0.15) is 11.8 Å². The number of carbonyl (C=O) groups excluding carboxylic acids is 1. The largest absolute Gasteiger partial charge is 0.497 e. The Kier molecular flexibility index (Phi) is 6.32. The van der Waals surface area contributed by atoms with Crippen LogP contribution in [-0.4, -0.2) is 56.8 Å². The second-order valence-electron chi connectivity index (χ2n) is 6.44. The van der Waals surface area contributed by atoms with Crippen LogP contribution in [0.2, 0.25) is 0 Å². The number of ether oxygens (including phenoxy) is 1. The molecule has 0 aliphatic carbocycles. The number of amides is 1. The summed E-state index contributed by atoms with van der Waals surface area (Å²) in [6.07, 6.45) is 3.20. The van der Waals surface area contributed by atoms with Crippen molar-refractivity contribution < 1.29 is 17.9 Å². The lowest BCUT2D eigenvalue weighted by Crippen LogP contribution is -2.50. The van der Waals surface area contributed by atoms with E-state index in [0.29, 0.717) is 13.1 Å². The summed E-state index contributed by atoms with van der Waals surface area (Å²) in [5, 5.41) is 9.18. The van der Waals surface area contributed by atoms with Gasteiger partial charge in [-0.15, -0.1) is 0 Å². The molecule has 150 valence electrons. The van der Waals surface area contributed by atoms with Crippen molar-refractivity contribution >= 4 is 22.0 Å². The molecule has 1 amide bonds. The first-order valence-corrected chi connectivity index (χ1v) is 10.5. The molecule has 0 saturated carbocycles. The zero-order valence-corrected chi connectivity index (χ0v) is 16.8. The zero-order chi connectivity index (χ0) is 20.9. The minimum atomic E-state index is -3.77. The van der Waals surface area contributed by atoms with Crippen LogP contribution in [0, 0.1) is 11.3 Å². The molecule has 1 aliphatic heterocycles. The molecule has 0 radical (unpaired) electrons. The summed E-state index contributed by atoms with van der Waals surface area (Å²) in [5.74, 6) is 0.569. The van der Waals surface area contributed by atoms with E-state index >= 15 is 0 Å². The minimum absolute atomic E-state index is 0.00155. The van der Waals surface area contributed by atoms with Crippen molar-refractivity contribution in [3.8, 4) is 11.8 Å². The Bertz CT molecular complexity index is 1050. The zero-order valence-electron chi connectivity index (χ0n) is 16.0. The van der Waals surface area contributed by atoms with Gasteiger partial charge in [-0.1, -0.05) is 24.3 Å². The van der Waals surface area contributed by atoms with E-state index in [1.807, 2.05) is 30.3 Å². The maximum absolute atomic E-state index is 12.9. The van der Waals surface area contributed by atoms with E-state index in [0.717, 1.165) is 11.3 Å². The molecule has 0 aromatic heterocycles. The van der Waals surface area contributed by atoms with Crippen molar-refractivity contribution in [1.29, 1.82) is 5.26 Å². The molecule has 0 N–H and O–H groups in total. The van der Waals surface area contributed by atoms with Crippen LogP contribution in [0.25, 0.3) is 6.08 Å². The number of carbonyl (C=O) groups is 1. The van der Waals surface area contributed by atoms with Gasteiger partial charge in [-0.2, -0.15) is 9.57 Å². The molecule has 2 aromatic carbocycles. The van der Waals surface area contributed by atoms with E-state index in [9.17, 15) is 18.5 Å². The molecule has 1 fully saturated rings. The lowest BCUT2D eigenvalue weighted by molar-refractivity contribution is -0.127. The molecule has 1 heterocycles.